The van der Waals surface area contributed by atoms with Crippen LogP contribution in [0.4, 0.5) is 14.5 Å². The number of aryl methyl sites for hydroxylation is 1. The van der Waals surface area contributed by atoms with Gasteiger partial charge < -0.3 is 14.6 Å². The highest BCUT2D eigenvalue weighted by Crippen LogP contribution is 2.25. The summed E-state index contributed by atoms with van der Waals surface area (Å²) in [5, 5.41) is 6.60. The highest BCUT2D eigenvalue weighted by molar-refractivity contribution is 6.04. The summed E-state index contributed by atoms with van der Waals surface area (Å²) in [6, 6.07) is 6.82. The van der Waals surface area contributed by atoms with Crippen molar-refractivity contribution in [1.82, 2.24) is 19.5 Å². The molecule has 0 saturated heterocycles. The number of methoxy groups -OCH3 is 1. The first kappa shape index (κ1) is 20.5. The minimum Gasteiger partial charge on any atom is -0.493 e. The number of benzene rings is 1. The number of hydrogen-bond acceptors (Lipinski definition) is 6. The molecule has 1 aliphatic carbocycles. The quantitative estimate of drug-likeness (QED) is 0.524. The smallest absolute Gasteiger partial charge is 0.274 e. The molecule has 160 valence electrons. The maximum atomic E-state index is 14.0. The van der Waals surface area contributed by atoms with Crippen molar-refractivity contribution in [2.45, 2.75) is 25.9 Å². The largest absolute Gasteiger partial charge is 0.493 e. The molecule has 1 aliphatic rings. The normalized spacial score (nSPS) is 12.9. The molecule has 4 aromatic rings. The lowest BCUT2D eigenvalue weighted by Gasteiger charge is -2.10. The second-order valence-electron chi connectivity index (χ2n) is 6.97. The lowest BCUT2D eigenvalue weighted by molar-refractivity contribution is 0.102. The van der Waals surface area contributed by atoms with Crippen molar-refractivity contribution >= 4 is 17.2 Å². The van der Waals surface area contributed by atoms with Crippen molar-refractivity contribution in [2.24, 2.45) is 0 Å². The first-order chi connectivity index (χ1) is 15.0. The summed E-state index contributed by atoms with van der Waals surface area (Å²) in [4.78, 5) is 20.9. The lowest BCUT2D eigenvalue weighted by atomic mass is 10.1. The third kappa shape index (κ3) is 4.52. The molecule has 0 unspecified atom stereocenters. The number of carbonyl (C=O) groups excluding carboxylic acids is 1. The summed E-state index contributed by atoms with van der Waals surface area (Å²) in [5.74, 6) is -0.550. The first-order valence-corrected chi connectivity index (χ1v) is 9.49. The summed E-state index contributed by atoms with van der Waals surface area (Å²) in [6.45, 7) is 1.86. The van der Waals surface area contributed by atoms with Crippen molar-refractivity contribution in [2.75, 3.05) is 12.4 Å². The van der Waals surface area contributed by atoms with E-state index in [1.165, 1.54) is 36.4 Å². The van der Waals surface area contributed by atoms with Gasteiger partial charge in [0, 0.05) is 17.3 Å². The molecule has 0 bridgehead atoms. The Morgan fingerprint density at radius 2 is 2.06 bits per heavy atom. The van der Waals surface area contributed by atoms with Crippen LogP contribution in [0.25, 0.3) is 17.0 Å². The molecule has 5 rings (SSSR count). The molecular weight excluding hydrogens is 408 g/mol. The fourth-order valence-corrected chi connectivity index (χ4v) is 2.75. The Balaban J connectivity index is 0.000000520. The van der Waals surface area contributed by atoms with Gasteiger partial charge in [0.05, 0.1) is 19.5 Å². The number of anilines is 1. The van der Waals surface area contributed by atoms with E-state index in [9.17, 15) is 13.6 Å². The maximum Gasteiger partial charge on any atom is 0.274 e. The average Bonchev–Trinajstić information content (AvgIpc) is 3.21. The van der Waals surface area contributed by atoms with Crippen LogP contribution in [0.3, 0.4) is 0 Å². The van der Waals surface area contributed by atoms with Crippen molar-refractivity contribution in [3.8, 4) is 17.1 Å². The molecular formula is C21H19F2N5O3. The van der Waals surface area contributed by atoms with Gasteiger partial charge in [0.1, 0.15) is 17.5 Å². The van der Waals surface area contributed by atoms with Crippen LogP contribution in [-0.2, 0) is 0 Å². The number of carbonyl (C=O) groups is 1. The van der Waals surface area contributed by atoms with E-state index in [4.69, 9.17) is 9.26 Å². The molecule has 0 spiro atoms. The van der Waals surface area contributed by atoms with E-state index in [0.717, 1.165) is 18.4 Å². The summed E-state index contributed by atoms with van der Waals surface area (Å²) in [6.07, 6.45) is 5.00. The summed E-state index contributed by atoms with van der Waals surface area (Å²) in [5.41, 5.74) is 2.70. The molecule has 3 heterocycles. The highest BCUT2D eigenvalue weighted by atomic mass is 19.1. The number of nitrogens with zero attached hydrogens (tertiary/aromatic N) is 4. The molecule has 3 aromatic heterocycles. The predicted molar refractivity (Wildman–Crippen MR) is 108 cm³/mol. The highest BCUT2D eigenvalue weighted by Gasteiger charge is 2.18. The number of alkyl halides is 1. The zero-order valence-electron chi connectivity index (χ0n) is 16.8. The zero-order valence-corrected chi connectivity index (χ0v) is 16.8. The third-order valence-corrected chi connectivity index (χ3v) is 4.63. The Morgan fingerprint density at radius 1 is 1.29 bits per heavy atom. The van der Waals surface area contributed by atoms with E-state index < -0.39 is 17.9 Å². The maximum absolute atomic E-state index is 14.0. The van der Waals surface area contributed by atoms with Gasteiger partial charge in [0.15, 0.2) is 11.6 Å². The average molecular weight is 427 g/mol. The fourth-order valence-electron chi connectivity index (χ4n) is 2.75. The molecule has 0 radical (unpaired) electrons. The number of hydrogen-bond donors (Lipinski definition) is 1. The van der Waals surface area contributed by atoms with Gasteiger partial charge in [-0.05, 0) is 31.4 Å². The van der Waals surface area contributed by atoms with E-state index >= 15 is 0 Å². The van der Waals surface area contributed by atoms with Gasteiger partial charge in [-0.2, -0.15) is 4.98 Å². The van der Waals surface area contributed by atoms with E-state index in [0.29, 0.717) is 22.7 Å². The van der Waals surface area contributed by atoms with Crippen molar-refractivity contribution < 1.29 is 22.8 Å². The molecule has 10 heteroatoms. The minimum absolute atomic E-state index is 0.0590. The molecule has 1 N–H and O–H groups in total. The first-order valence-electron chi connectivity index (χ1n) is 9.49. The fraction of sp³-hybridized carbons (Fsp3) is 0.238. The van der Waals surface area contributed by atoms with Crippen molar-refractivity contribution in [3.63, 3.8) is 0 Å². The van der Waals surface area contributed by atoms with Crippen LogP contribution < -0.4 is 10.1 Å². The lowest BCUT2D eigenvalue weighted by Crippen LogP contribution is -2.15. The molecule has 0 atom stereocenters. The number of rotatable bonds is 4. The van der Waals surface area contributed by atoms with Gasteiger partial charge in [-0.25, -0.2) is 13.8 Å². The SMILES string of the molecule is COc1cc2ncc(C(=O)Nc3cc(-c4ncon4)ccc3C)n2cc1F.FC1CC1. The van der Waals surface area contributed by atoms with Crippen molar-refractivity contribution in [1.29, 1.82) is 0 Å². The van der Waals surface area contributed by atoms with Crippen LogP contribution in [0.2, 0.25) is 0 Å². The van der Waals surface area contributed by atoms with Gasteiger partial charge in [-0.15, -0.1) is 0 Å². The Morgan fingerprint density at radius 3 is 2.71 bits per heavy atom. The van der Waals surface area contributed by atoms with Gasteiger partial charge in [0.2, 0.25) is 12.2 Å². The summed E-state index contributed by atoms with van der Waals surface area (Å²) >= 11 is 0. The van der Waals surface area contributed by atoms with E-state index in [2.05, 4.69) is 20.4 Å². The standard InChI is InChI=1S/C18H14FN5O3.C3H5F/c1-10-3-4-11(17-21-9-27-23-17)5-13(10)22-18(25)14-7-20-16-6-15(26-2)12(19)8-24(14)16;4-3-1-2-3/h3-9H,1-2H3,(H,22,25);3H,1-2H2. The van der Waals surface area contributed by atoms with Crippen LogP contribution in [0, 0.1) is 12.7 Å². The Bertz CT molecular complexity index is 1220. The summed E-state index contributed by atoms with van der Waals surface area (Å²) < 4.78 is 36.2. The van der Waals surface area contributed by atoms with Crippen LogP contribution in [-0.4, -0.2) is 38.7 Å². The number of fused-ring (bicyclic) bond motifs is 1. The Labute approximate surface area is 175 Å². The predicted octanol–water partition coefficient (Wildman–Crippen LogP) is 4.21. The number of aromatic nitrogens is 4. The van der Waals surface area contributed by atoms with Gasteiger partial charge in [-0.3, -0.25) is 9.20 Å². The Hall–Kier alpha value is -3.82. The van der Waals surface area contributed by atoms with Crippen LogP contribution in [0.5, 0.6) is 5.75 Å². The molecule has 31 heavy (non-hydrogen) atoms. The monoisotopic (exact) mass is 427 g/mol. The van der Waals surface area contributed by atoms with E-state index in [1.54, 1.807) is 6.07 Å². The van der Waals surface area contributed by atoms with Gasteiger partial charge in [-0.1, -0.05) is 17.3 Å². The topological polar surface area (TPSA) is 94.5 Å². The molecule has 1 saturated carbocycles. The van der Waals surface area contributed by atoms with E-state index in [-0.39, 0.29) is 11.4 Å². The van der Waals surface area contributed by atoms with Gasteiger partial charge in [0.25, 0.3) is 5.91 Å². The minimum atomic E-state index is -0.590. The second-order valence-corrected chi connectivity index (χ2v) is 6.97. The number of halogens is 2. The molecule has 0 aliphatic heterocycles. The number of ether oxygens (including phenoxy) is 1. The number of nitrogens with one attached hydrogen (secondary N) is 1. The van der Waals surface area contributed by atoms with Crippen LogP contribution in [0.1, 0.15) is 28.9 Å². The number of amides is 1. The Kier molecular flexibility index (Phi) is 5.61. The number of pyridine rings is 1. The molecule has 1 aromatic carbocycles. The molecule has 1 amide bonds. The second kappa shape index (κ2) is 8.50. The summed E-state index contributed by atoms with van der Waals surface area (Å²) in [7, 11) is 1.37. The van der Waals surface area contributed by atoms with Crippen LogP contribution >= 0.6 is 0 Å². The van der Waals surface area contributed by atoms with Gasteiger partial charge >= 0.3 is 0 Å². The third-order valence-electron chi connectivity index (χ3n) is 4.63. The zero-order chi connectivity index (χ0) is 22.0. The molecule has 1 fully saturated rings. The molecule has 8 nitrogen and oxygen atoms in total. The number of imidazole rings is 1. The van der Waals surface area contributed by atoms with Crippen LogP contribution in [0.15, 0.2) is 47.6 Å². The van der Waals surface area contributed by atoms with E-state index in [1.807, 2.05) is 19.1 Å². The van der Waals surface area contributed by atoms with Crippen molar-refractivity contribution in [3.05, 3.63) is 60.1 Å².